The zero-order valence-corrected chi connectivity index (χ0v) is 9.85. The van der Waals surface area contributed by atoms with Crippen LogP contribution in [-0.4, -0.2) is 23.0 Å². The molecule has 0 saturated carbocycles. The van der Waals surface area contributed by atoms with Gasteiger partial charge in [0.25, 0.3) is 0 Å². The van der Waals surface area contributed by atoms with Crippen molar-refractivity contribution in [3.8, 4) is 0 Å². The lowest BCUT2D eigenvalue weighted by molar-refractivity contribution is -0.142. The molecule has 1 fully saturated rings. The number of hydrogen-bond donors (Lipinski definition) is 2. The number of carboxylic acid groups (broad SMARTS) is 1. The van der Waals surface area contributed by atoms with Crippen molar-refractivity contribution in [1.29, 1.82) is 0 Å². The molecule has 16 heavy (non-hydrogen) atoms. The number of carboxylic acids is 1. The standard InChI is InChI=1S/C10H10ClNO3S/c11-8-2-5(4-16-8)1-7-6(10(14)15)3-9(13)12-7/h2,4,6-7H,1,3H2,(H,12,13)(H,14,15). The number of halogens is 1. The van der Waals surface area contributed by atoms with E-state index in [4.69, 9.17) is 16.7 Å². The summed E-state index contributed by atoms with van der Waals surface area (Å²) in [6.45, 7) is 0. The minimum absolute atomic E-state index is 0.0673. The topological polar surface area (TPSA) is 66.4 Å². The van der Waals surface area contributed by atoms with Gasteiger partial charge in [-0.3, -0.25) is 9.59 Å². The Morgan fingerprint density at radius 1 is 1.69 bits per heavy atom. The van der Waals surface area contributed by atoms with Crippen LogP contribution in [0.4, 0.5) is 0 Å². The molecule has 0 bridgehead atoms. The summed E-state index contributed by atoms with van der Waals surface area (Å²) in [6.07, 6.45) is 0.587. The smallest absolute Gasteiger partial charge is 0.309 e. The van der Waals surface area contributed by atoms with Crippen LogP contribution in [0, 0.1) is 5.92 Å². The lowest BCUT2D eigenvalue weighted by Gasteiger charge is -2.13. The van der Waals surface area contributed by atoms with E-state index in [1.807, 2.05) is 5.38 Å². The number of carbonyl (C=O) groups is 2. The van der Waals surface area contributed by atoms with Crippen LogP contribution in [0.2, 0.25) is 4.34 Å². The van der Waals surface area contributed by atoms with Crippen LogP contribution >= 0.6 is 22.9 Å². The summed E-state index contributed by atoms with van der Waals surface area (Å²) in [7, 11) is 0. The number of amides is 1. The van der Waals surface area contributed by atoms with Crippen molar-refractivity contribution in [1.82, 2.24) is 5.32 Å². The summed E-state index contributed by atoms with van der Waals surface area (Å²) >= 11 is 7.19. The molecule has 6 heteroatoms. The Labute approximate surface area is 101 Å². The Morgan fingerprint density at radius 3 is 3.00 bits per heavy atom. The third kappa shape index (κ3) is 2.36. The fourth-order valence-electron chi connectivity index (χ4n) is 1.87. The van der Waals surface area contributed by atoms with E-state index >= 15 is 0 Å². The summed E-state index contributed by atoms with van der Waals surface area (Å²) in [5, 5.41) is 13.5. The van der Waals surface area contributed by atoms with Gasteiger partial charge in [0.2, 0.25) is 5.91 Å². The lowest BCUT2D eigenvalue weighted by atomic mass is 9.96. The predicted octanol–water partition coefficient (Wildman–Crippen LogP) is 1.53. The molecule has 4 nitrogen and oxygen atoms in total. The fourth-order valence-corrected chi connectivity index (χ4v) is 2.79. The molecule has 0 aliphatic carbocycles. The molecule has 1 aromatic rings. The summed E-state index contributed by atoms with van der Waals surface area (Å²) < 4.78 is 0.672. The average molecular weight is 260 g/mol. The molecule has 1 amide bonds. The van der Waals surface area contributed by atoms with Crippen molar-refractivity contribution >= 4 is 34.8 Å². The highest BCUT2D eigenvalue weighted by Gasteiger charge is 2.37. The molecule has 1 aliphatic rings. The van der Waals surface area contributed by atoms with Crippen LogP contribution in [0.15, 0.2) is 11.4 Å². The van der Waals surface area contributed by atoms with Crippen molar-refractivity contribution in [3.63, 3.8) is 0 Å². The van der Waals surface area contributed by atoms with E-state index in [1.165, 1.54) is 11.3 Å². The van der Waals surface area contributed by atoms with Gasteiger partial charge in [-0.15, -0.1) is 11.3 Å². The molecule has 1 aromatic heterocycles. The maximum atomic E-state index is 11.2. The van der Waals surface area contributed by atoms with Gasteiger partial charge in [0.05, 0.1) is 10.3 Å². The Morgan fingerprint density at radius 2 is 2.44 bits per heavy atom. The first-order valence-electron chi connectivity index (χ1n) is 4.81. The SMILES string of the molecule is O=C1CC(C(=O)O)C(Cc2csc(Cl)c2)N1. The average Bonchev–Trinajstić information content (AvgIpc) is 2.74. The van der Waals surface area contributed by atoms with Crippen LogP contribution in [0.1, 0.15) is 12.0 Å². The van der Waals surface area contributed by atoms with E-state index < -0.39 is 11.9 Å². The summed E-state index contributed by atoms with van der Waals surface area (Å²) in [5.41, 5.74) is 0.966. The highest BCUT2D eigenvalue weighted by molar-refractivity contribution is 7.14. The van der Waals surface area contributed by atoms with E-state index in [-0.39, 0.29) is 18.4 Å². The van der Waals surface area contributed by atoms with Gasteiger partial charge in [0.1, 0.15) is 0 Å². The number of hydrogen-bond acceptors (Lipinski definition) is 3. The van der Waals surface area contributed by atoms with E-state index in [0.29, 0.717) is 10.8 Å². The van der Waals surface area contributed by atoms with Gasteiger partial charge in [0, 0.05) is 12.5 Å². The number of nitrogens with one attached hydrogen (secondary N) is 1. The molecule has 0 aromatic carbocycles. The lowest BCUT2D eigenvalue weighted by Crippen LogP contribution is -2.34. The predicted molar refractivity (Wildman–Crippen MR) is 60.7 cm³/mol. The van der Waals surface area contributed by atoms with Gasteiger partial charge < -0.3 is 10.4 Å². The molecular weight excluding hydrogens is 250 g/mol. The van der Waals surface area contributed by atoms with Crippen molar-refractivity contribution in [2.45, 2.75) is 18.9 Å². The molecule has 1 aliphatic heterocycles. The van der Waals surface area contributed by atoms with E-state index in [1.54, 1.807) is 6.07 Å². The number of carbonyl (C=O) groups excluding carboxylic acids is 1. The van der Waals surface area contributed by atoms with Gasteiger partial charge in [-0.25, -0.2) is 0 Å². The molecule has 2 rings (SSSR count). The van der Waals surface area contributed by atoms with Gasteiger partial charge in [0.15, 0.2) is 0 Å². The zero-order chi connectivity index (χ0) is 11.7. The molecule has 86 valence electrons. The van der Waals surface area contributed by atoms with Crippen LogP contribution in [0.25, 0.3) is 0 Å². The first kappa shape index (κ1) is 11.4. The van der Waals surface area contributed by atoms with E-state index in [9.17, 15) is 9.59 Å². The van der Waals surface area contributed by atoms with Gasteiger partial charge in [-0.05, 0) is 23.4 Å². The number of rotatable bonds is 3. The van der Waals surface area contributed by atoms with Crippen molar-refractivity contribution < 1.29 is 14.7 Å². The van der Waals surface area contributed by atoms with Gasteiger partial charge >= 0.3 is 5.97 Å². The normalized spacial score (nSPS) is 24.4. The highest BCUT2D eigenvalue weighted by Crippen LogP contribution is 2.25. The molecule has 2 heterocycles. The zero-order valence-electron chi connectivity index (χ0n) is 8.27. The third-order valence-corrected chi connectivity index (χ3v) is 3.77. The van der Waals surface area contributed by atoms with Crippen LogP contribution in [0.5, 0.6) is 0 Å². The van der Waals surface area contributed by atoms with Gasteiger partial charge in [-0.2, -0.15) is 0 Å². The van der Waals surface area contributed by atoms with E-state index in [2.05, 4.69) is 5.32 Å². The maximum absolute atomic E-state index is 11.2. The van der Waals surface area contributed by atoms with Crippen LogP contribution < -0.4 is 5.32 Å². The van der Waals surface area contributed by atoms with Crippen LogP contribution in [0.3, 0.4) is 0 Å². The second-order valence-electron chi connectivity index (χ2n) is 3.79. The number of aliphatic carboxylic acids is 1. The van der Waals surface area contributed by atoms with Gasteiger partial charge in [-0.1, -0.05) is 11.6 Å². The Hall–Kier alpha value is -1.07. The summed E-state index contributed by atoms with van der Waals surface area (Å²) in [4.78, 5) is 22.1. The largest absolute Gasteiger partial charge is 0.481 e. The first-order chi connectivity index (χ1) is 7.56. The molecule has 2 atom stereocenters. The monoisotopic (exact) mass is 259 g/mol. The van der Waals surface area contributed by atoms with E-state index in [0.717, 1.165) is 5.56 Å². The molecule has 1 saturated heterocycles. The minimum atomic E-state index is -0.926. The quantitative estimate of drug-likeness (QED) is 0.865. The Kier molecular flexibility index (Phi) is 3.16. The van der Waals surface area contributed by atoms with Crippen LogP contribution in [-0.2, 0) is 16.0 Å². The molecule has 0 spiro atoms. The maximum Gasteiger partial charge on any atom is 0.309 e. The second kappa shape index (κ2) is 4.43. The summed E-state index contributed by atoms with van der Waals surface area (Å²) in [5.74, 6) is -1.76. The summed E-state index contributed by atoms with van der Waals surface area (Å²) in [6, 6.07) is 1.48. The highest BCUT2D eigenvalue weighted by atomic mass is 35.5. The second-order valence-corrected chi connectivity index (χ2v) is 5.33. The number of thiophene rings is 1. The van der Waals surface area contributed by atoms with Crippen molar-refractivity contribution in [2.24, 2.45) is 5.92 Å². The molecule has 2 N–H and O–H groups in total. The molecule has 2 unspecified atom stereocenters. The fraction of sp³-hybridized carbons (Fsp3) is 0.400. The Balaban J connectivity index is 2.08. The molecular formula is C10H10ClNO3S. The minimum Gasteiger partial charge on any atom is -0.481 e. The van der Waals surface area contributed by atoms with Crippen molar-refractivity contribution in [2.75, 3.05) is 0 Å². The Bertz CT molecular complexity index is 431. The first-order valence-corrected chi connectivity index (χ1v) is 6.07. The van der Waals surface area contributed by atoms with Crippen molar-refractivity contribution in [3.05, 3.63) is 21.3 Å². The molecule has 0 radical (unpaired) electrons. The third-order valence-electron chi connectivity index (χ3n) is 2.63.